The molecule has 5 rings (SSSR count). The maximum absolute atomic E-state index is 13.2. The molecule has 2 aromatic heterocycles. The number of urea groups is 1. The van der Waals surface area contributed by atoms with Crippen LogP contribution >= 0.6 is 0 Å². The van der Waals surface area contributed by atoms with E-state index < -0.39 is 11.7 Å². The van der Waals surface area contributed by atoms with Gasteiger partial charge in [-0.15, -0.1) is 0 Å². The first-order chi connectivity index (χ1) is 15.4. The summed E-state index contributed by atoms with van der Waals surface area (Å²) in [4.78, 5) is 25.8. The average molecular weight is 439 g/mol. The topological polar surface area (TPSA) is 61.4 Å². The molecule has 0 aliphatic carbocycles. The molecule has 2 aliphatic heterocycles. The lowest BCUT2D eigenvalue weighted by molar-refractivity contribution is -0.137. The molecule has 4 heterocycles. The highest BCUT2D eigenvalue weighted by Gasteiger charge is 2.38. The summed E-state index contributed by atoms with van der Waals surface area (Å²) in [6, 6.07) is 11.7. The van der Waals surface area contributed by atoms with Crippen LogP contribution in [0.25, 0.3) is 11.3 Å². The number of hydrogen-bond acceptors (Lipinski definition) is 4. The van der Waals surface area contributed by atoms with E-state index in [-0.39, 0.29) is 12.1 Å². The number of carbonyl (C=O) groups is 1. The fraction of sp³-hybridized carbons (Fsp3) is 0.261. The van der Waals surface area contributed by atoms with E-state index in [1.54, 1.807) is 41.6 Å². The van der Waals surface area contributed by atoms with E-state index in [0.717, 1.165) is 37.2 Å². The Morgan fingerprint density at radius 3 is 2.78 bits per heavy atom. The molecular weight excluding hydrogens is 419 g/mol. The number of piperidine rings is 1. The minimum Gasteiger partial charge on any atom is -0.366 e. The van der Waals surface area contributed by atoms with Crippen molar-refractivity contribution in [2.45, 2.75) is 25.1 Å². The molecule has 0 radical (unpaired) electrons. The number of benzene rings is 1. The van der Waals surface area contributed by atoms with Crippen LogP contribution in [-0.4, -0.2) is 35.1 Å². The van der Waals surface area contributed by atoms with E-state index in [1.165, 1.54) is 6.07 Å². The van der Waals surface area contributed by atoms with Crippen LogP contribution in [0, 0.1) is 0 Å². The maximum atomic E-state index is 13.2. The lowest BCUT2D eigenvalue weighted by Crippen LogP contribution is -2.56. The summed E-state index contributed by atoms with van der Waals surface area (Å²) >= 11 is 0. The van der Waals surface area contributed by atoms with E-state index in [4.69, 9.17) is 0 Å². The van der Waals surface area contributed by atoms with Crippen LogP contribution < -0.4 is 15.1 Å². The summed E-state index contributed by atoms with van der Waals surface area (Å²) in [5.41, 5.74) is 1.36. The molecule has 6 nitrogen and oxygen atoms in total. The van der Waals surface area contributed by atoms with Gasteiger partial charge in [-0.25, -0.2) is 9.78 Å². The minimum atomic E-state index is -4.44. The van der Waals surface area contributed by atoms with Crippen LogP contribution in [0.15, 0.2) is 60.9 Å². The smallest absolute Gasteiger partial charge is 0.366 e. The van der Waals surface area contributed by atoms with Crippen molar-refractivity contribution in [2.75, 3.05) is 28.2 Å². The molecule has 0 spiro atoms. The van der Waals surface area contributed by atoms with Gasteiger partial charge in [-0.2, -0.15) is 13.2 Å². The van der Waals surface area contributed by atoms with E-state index in [1.807, 2.05) is 6.07 Å². The van der Waals surface area contributed by atoms with Crippen LogP contribution in [0.3, 0.4) is 0 Å². The third-order valence-electron chi connectivity index (χ3n) is 5.80. The predicted molar refractivity (Wildman–Crippen MR) is 116 cm³/mol. The number of anilines is 3. The average Bonchev–Trinajstić information content (AvgIpc) is 2.79. The lowest BCUT2D eigenvalue weighted by Gasteiger charge is -2.45. The number of aromatic nitrogens is 2. The van der Waals surface area contributed by atoms with E-state index >= 15 is 0 Å². The molecule has 32 heavy (non-hydrogen) atoms. The van der Waals surface area contributed by atoms with Crippen LogP contribution in [0.2, 0.25) is 0 Å². The monoisotopic (exact) mass is 439 g/mol. The van der Waals surface area contributed by atoms with Crippen molar-refractivity contribution in [3.8, 4) is 11.3 Å². The number of alkyl halides is 3. The molecule has 9 heteroatoms. The van der Waals surface area contributed by atoms with Crippen LogP contribution in [-0.2, 0) is 6.18 Å². The zero-order chi connectivity index (χ0) is 22.3. The SMILES string of the molecule is O=C(Nc1cccnc1)N1c2nc(-c3cccc(C(F)(F)F)c3)ccc2N2CCC[C@H]1C2. The largest absolute Gasteiger partial charge is 0.416 e. The molecule has 1 saturated heterocycles. The quantitative estimate of drug-likeness (QED) is 0.598. The molecule has 1 atom stereocenters. The van der Waals surface area contributed by atoms with Gasteiger partial charge < -0.3 is 10.2 Å². The number of carbonyl (C=O) groups excluding carboxylic acids is 1. The summed E-state index contributed by atoms with van der Waals surface area (Å²) in [5.74, 6) is 0.456. The molecule has 0 unspecified atom stereocenters. The fourth-order valence-electron chi connectivity index (χ4n) is 4.32. The van der Waals surface area contributed by atoms with E-state index in [2.05, 4.69) is 20.2 Å². The number of halogens is 3. The molecular formula is C23H20F3N5O. The highest BCUT2D eigenvalue weighted by molar-refractivity contribution is 6.04. The van der Waals surface area contributed by atoms with Crippen molar-refractivity contribution < 1.29 is 18.0 Å². The Balaban J connectivity index is 1.55. The molecule has 3 aromatic rings. The molecule has 164 valence electrons. The van der Waals surface area contributed by atoms with Gasteiger partial charge in [0.15, 0.2) is 5.82 Å². The van der Waals surface area contributed by atoms with Crippen LogP contribution in [0.1, 0.15) is 18.4 Å². The van der Waals surface area contributed by atoms with Crippen molar-refractivity contribution in [1.29, 1.82) is 0 Å². The van der Waals surface area contributed by atoms with Crippen LogP contribution in [0.5, 0.6) is 0 Å². The summed E-state index contributed by atoms with van der Waals surface area (Å²) < 4.78 is 39.6. The second-order valence-corrected chi connectivity index (χ2v) is 7.90. The van der Waals surface area contributed by atoms with Gasteiger partial charge in [-0.05, 0) is 49.2 Å². The molecule has 2 bridgehead atoms. The second-order valence-electron chi connectivity index (χ2n) is 7.90. The van der Waals surface area contributed by atoms with Gasteiger partial charge in [0.25, 0.3) is 0 Å². The zero-order valence-electron chi connectivity index (χ0n) is 17.0. The van der Waals surface area contributed by atoms with E-state index in [0.29, 0.717) is 29.3 Å². The molecule has 1 fully saturated rings. The predicted octanol–water partition coefficient (Wildman–Crippen LogP) is 5.18. The Hall–Kier alpha value is -3.62. The third-order valence-corrected chi connectivity index (χ3v) is 5.80. The van der Waals surface area contributed by atoms with Gasteiger partial charge in [0.05, 0.1) is 34.9 Å². The van der Waals surface area contributed by atoms with Crippen LogP contribution in [0.4, 0.5) is 35.2 Å². The summed E-state index contributed by atoms with van der Waals surface area (Å²) in [7, 11) is 0. The number of pyridine rings is 2. The van der Waals surface area contributed by atoms with Crippen molar-refractivity contribution >= 4 is 23.2 Å². The Bertz CT molecular complexity index is 1150. The number of nitrogens with zero attached hydrogens (tertiary/aromatic N) is 4. The first-order valence-electron chi connectivity index (χ1n) is 10.3. The Kier molecular flexibility index (Phi) is 4.96. The van der Waals surface area contributed by atoms with Gasteiger partial charge in [0, 0.05) is 24.8 Å². The zero-order valence-corrected chi connectivity index (χ0v) is 17.0. The highest BCUT2D eigenvalue weighted by Crippen LogP contribution is 2.40. The molecule has 2 amide bonds. The third kappa shape index (κ3) is 3.74. The Labute approximate surface area is 182 Å². The van der Waals surface area contributed by atoms with Gasteiger partial charge in [0.1, 0.15) is 0 Å². The fourth-order valence-corrected chi connectivity index (χ4v) is 4.32. The first-order valence-corrected chi connectivity index (χ1v) is 10.3. The van der Waals surface area contributed by atoms with Gasteiger partial charge in [-0.1, -0.05) is 12.1 Å². The van der Waals surface area contributed by atoms with Gasteiger partial charge in [-0.3, -0.25) is 9.88 Å². The second kappa shape index (κ2) is 7.81. The summed E-state index contributed by atoms with van der Waals surface area (Å²) in [6.07, 6.45) is 0.501. The van der Waals surface area contributed by atoms with Crippen molar-refractivity contribution in [3.63, 3.8) is 0 Å². The number of fused-ring (bicyclic) bond motifs is 4. The Morgan fingerprint density at radius 2 is 2.00 bits per heavy atom. The molecule has 2 aliphatic rings. The maximum Gasteiger partial charge on any atom is 0.416 e. The number of hydrogen-bond donors (Lipinski definition) is 1. The molecule has 1 N–H and O–H groups in total. The number of rotatable bonds is 2. The summed E-state index contributed by atoms with van der Waals surface area (Å²) in [6.45, 7) is 1.55. The lowest BCUT2D eigenvalue weighted by atomic mass is 9.99. The molecule has 0 saturated carbocycles. The van der Waals surface area contributed by atoms with Gasteiger partial charge >= 0.3 is 12.2 Å². The Morgan fingerprint density at radius 1 is 1.12 bits per heavy atom. The van der Waals surface area contributed by atoms with Gasteiger partial charge in [0.2, 0.25) is 0 Å². The van der Waals surface area contributed by atoms with Crippen molar-refractivity contribution in [1.82, 2.24) is 9.97 Å². The van der Waals surface area contributed by atoms with E-state index in [9.17, 15) is 18.0 Å². The standard InChI is InChI=1S/C23H20F3N5O/c24-23(25,26)16-5-1-4-15(12-16)19-8-9-20-21(29-19)31(18-7-3-11-30(20)14-18)22(32)28-17-6-2-10-27-13-17/h1-2,4-6,8-10,12-13,18H,3,7,11,14H2,(H,28,32)/t18-/m0/s1. The first kappa shape index (κ1) is 20.3. The highest BCUT2D eigenvalue weighted by atomic mass is 19.4. The van der Waals surface area contributed by atoms with Crippen molar-refractivity contribution in [3.05, 3.63) is 66.5 Å². The normalized spacial score (nSPS) is 17.7. The summed E-state index contributed by atoms with van der Waals surface area (Å²) in [5, 5.41) is 2.86. The minimum absolute atomic E-state index is 0.0721. The number of nitrogens with one attached hydrogen (secondary N) is 1. The van der Waals surface area contributed by atoms with Crippen molar-refractivity contribution in [2.24, 2.45) is 0 Å². The molecule has 1 aromatic carbocycles. The number of amides is 2.